The number of aromatic amines is 1. The zero-order valence-electron chi connectivity index (χ0n) is 11.1. The highest BCUT2D eigenvalue weighted by molar-refractivity contribution is 5.67. The standard InChI is InChI=1S/C15H12N4O2/c20-14-12-13(17-6-5-16-12)18-15(21)19(14)11-7-9-3-1-2-4-10(9)8-11/h1-6,11H,7-8H2,(H,17,18,21). The topological polar surface area (TPSA) is 80.6 Å². The van der Waals surface area contributed by atoms with Gasteiger partial charge in [0, 0.05) is 18.4 Å². The van der Waals surface area contributed by atoms with Crippen molar-refractivity contribution < 1.29 is 0 Å². The van der Waals surface area contributed by atoms with Gasteiger partial charge in [-0.15, -0.1) is 0 Å². The Hall–Kier alpha value is -2.76. The quantitative estimate of drug-likeness (QED) is 0.715. The molecule has 0 radical (unpaired) electrons. The molecular formula is C15H12N4O2. The van der Waals surface area contributed by atoms with E-state index in [-0.39, 0.29) is 22.8 Å². The maximum atomic E-state index is 12.5. The predicted molar refractivity (Wildman–Crippen MR) is 77.3 cm³/mol. The summed E-state index contributed by atoms with van der Waals surface area (Å²) in [5, 5.41) is 0. The smallest absolute Gasteiger partial charge is 0.290 e. The normalized spacial score (nSPS) is 14.5. The second-order valence-corrected chi connectivity index (χ2v) is 5.19. The maximum absolute atomic E-state index is 12.5. The van der Waals surface area contributed by atoms with E-state index in [1.807, 2.05) is 24.3 Å². The first kappa shape index (κ1) is 12.0. The average Bonchev–Trinajstić information content (AvgIpc) is 2.90. The fraction of sp³-hybridized carbons (Fsp3) is 0.200. The Morgan fingerprint density at radius 3 is 2.43 bits per heavy atom. The minimum absolute atomic E-state index is 0.162. The molecule has 0 bridgehead atoms. The molecule has 6 nitrogen and oxygen atoms in total. The molecule has 104 valence electrons. The summed E-state index contributed by atoms with van der Waals surface area (Å²) >= 11 is 0. The summed E-state index contributed by atoms with van der Waals surface area (Å²) in [5.41, 5.74) is 2.01. The van der Waals surface area contributed by atoms with E-state index < -0.39 is 5.69 Å². The van der Waals surface area contributed by atoms with E-state index in [4.69, 9.17) is 0 Å². The van der Waals surface area contributed by atoms with E-state index in [9.17, 15) is 9.59 Å². The van der Waals surface area contributed by atoms with Gasteiger partial charge < -0.3 is 0 Å². The Labute approximate surface area is 119 Å². The Bertz CT molecular complexity index is 933. The van der Waals surface area contributed by atoms with Crippen molar-refractivity contribution in [2.24, 2.45) is 0 Å². The number of benzene rings is 1. The lowest BCUT2D eigenvalue weighted by Crippen LogP contribution is -2.39. The van der Waals surface area contributed by atoms with Crippen molar-refractivity contribution in [3.05, 3.63) is 68.6 Å². The van der Waals surface area contributed by atoms with Gasteiger partial charge in [-0.3, -0.25) is 14.3 Å². The Morgan fingerprint density at radius 1 is 1.05 bits per heavy atom. The second-order valence-electron chi connectivity index (χ2n) is 5.19. The molecule has 1 aliphatic rings. The van der Waals surface area contributed by atoms with E-state index in [0.717, 1.165) is 0 Å². The Balaban J connectivity index is 1.89. The monoisotopic (exact) mass is 280 g/mol. The third-order valence-corrected chi connectivity index (χ3v) is 3.96. The van der Waals surface area contributed by atoms with Gasteiger partial charge in [0.2, 0.25) is 0 Å². The van der Waals surface area contributed by atoms with Gasteiger partial charge in [-0.1, -0.05) is 24.3 Å². The molecular weight excluding hydrogens is 268 g/mol. The summed E-state index contributed by atoms with van der Waals surface area (Å²) in [6.45, 7) is 0. The highest BCUT2D eigenvalue weighted by Gasteiger charge is 2.25. The van der Waals surface area contributed by atoms with Gasteiger partial charge in [0.15, 0.2) is 11.2 Å². The third kappa shape index (κ3) is 1.79. The molecule has 1 N–H and O–H groups in total. The molecule has 3 aromatic rings. The summed E-state index contributed by atoms with van der Waals surface area (Å²) in [6.07, 6.45) is 4.28. The van der Waals surface area contributed by atoms with E-state index in [1.54, 1.807) is 0 Å². The molecule has 1 aromatic carbocycles. The van der Waals surface area contributed by atoms with Crippen molar-refractivity contribution in [2.45, 2.75) is 18.9 Å². The molecule has 0 unspecified atom stereocenters. The molecule has 0 spiro atoms. The van der Waals surface area contributed by atoms with Gasteiger partial charge in [-0.05, 0) is 24.0 Å². The molecule has 0 fully saturated rings. The largest absolute Gasteiger partial charge is 0.330 e. The van der Waals surface area contributed by atoms with Crippen LogP contribution in [0.5, 0.6) is 0 Å². The third-order valence-electron chi connectivity index (χ3n) is 3.96. The van der Waals surface area contributed by atoms with Gasteiger partial charge in [-0.2, -0.15) is 0 Å². The average molecular weight is 280 g/mol. The van der Waals surface area contributed by atoms with Crippen LogP contribution in [0.4, 0.5) is 0 Å². The molecule has 6 heteroatoms. The van der Waals surface area contributed by atoms with E-state index in [0.29, 0.717) is 12.8 Å². The minimum atomic E-state index is -0.425. The van der Waals surface area contributed by atoms with E-state index in [2.05, 4.69) is 15.0 Å². The fourth-order valence-electron chi connectivity index (χ4n) is 3.00. The maximum Gasteiger partial charge on any atom is 0.330 e. The molecule has 0 aliphatic heterocycles. The summed E-state index contributed by atoms with van der Waals surface area (Å²) in [6, 6.07) is 7.86. The SMILES string of the molecule is O=c1[nH]c2nccnc2c(=O)n1C1Cc2ccccc2C1. The first-order valence-electron chi connectivity index (χ1n) is 6.76. The lowest BCUT2D eigenvalue weighted by Gasteiger charge is -2.12. The van der Waals surface area contributed by atoms with Crippen molar-refractivity contribution in [2.75, 3.05) is 0 Å². The highest BCUT2D eigenvalue weighted by atomic mass is 16.2. The van der Waals surface area contributed by atoms with E-state index >= 15 is 0 Å². The Morgan fingerprint density at radius 2 is 1.71 bits per heavy atom. The highest BCUT2D eigenvalue weighted by Crippen LogP contribution is 2.28. The van der Waals surface area contributed by atoms with E-state index in [1.165, 1.54) is 28.1 Å². The summed E-state index contributed by atoms with van der Waals surface area (Å²) in [7, 11) is 0. The van der Waals surface area contributed by atoms with Crippen LogP contribution in [0.1, 0.15) is 17.2 Å². The summed E-state index contributed by atoms with van der Waals surface area (Å²) in [5.74, 6) is 0. The van der Waals surface area contributed by atoms with Crippen molar-refractivity contribution in [3.8, 4) is 0 Å². The number of aromatic nitrogens is 4. The van der Waals surface area contributed by atoms with Crippen molar-refractivity contribution in [1.29, 1.82) is 0 Å². The van der Waals surface area contributed by atoms with Gasteiger partial charge in [-0.25, -0.2) is 14.8 Å². The first-order valence-corrected chi connectivity index (χ1v) is 6.76. The van der Waals surface area contributed by atoms with Crippen molar-refractivity contribution in [1.82, 2.24) is 19.5 Å². The number of nitrogens with one attached hydrogen (secondary N) is 1. The predicted octanol–water partition coefficient (Wildman–Crippen LogP) is 0.820. The summed E-state index contributed by atoms with van der Waals surface area (Å²) < 4.78 is 1.27. The van der Waals surface area contributed by atoms with Gasteiger partial charge in [0.1, 0.15) is 0 Å². The van der Waals surface area contributed by atoms with Crippen molar-refractivity contribution >= 4 is 11.2 Å². The molecule has 0 amide bonds. The molecule has 0 saturated heterocycles. The number of hydrogen-bond donors (Lipinski definition) is 1. The molecule has 2 heterocycles. The number of hydrogen-bond acceptors (Lipinski definition) is 4. The Kier molecular flexibility index (Phi) is 2.50. The summed E-state index contributed by atoms with van der Waals surface area (Å²) in [4.78, 5) is 35.4. The van der Waals surface area contributed by atoms with Crippen LogP contribution in [0, 0.1) is 0 Å². The number of nitrogens with zero attached hydrogens (tertiary/aromatic N) is 3. The molecule has 21 heavy (non-hydrogen) atoms. The van der Waals surface area contributed by atoms with Gasteiger partial charge in [0.05, 0.1) is 0 Å². The van der Waals surface area contributed by atoms with Crippen LogP contribution in [0.3, 0.4) is 0 Å². The zero-order valence-corrected chi connectivity index (χ0v) is 11.1. The van der Waals surface area contributed by atoms with Crippen LogP contribution in [0.2, 0.25) is 0 Å². The lowest BCUT2D eigenvalue weighted by molar-refractivity contribution is 0.491. The van der Waals surface area contributed by atoms with Crippen LogP contribution >= 0.6 is 0 Å². The minimum Gasteiger partial charge on any atom is -0.290 e. The number of fused-ring (bicyclic) bond motifs is 2. The van der Waals surface area contributed by atoms with Crippen molar-refractivity contribution in [3.63, 3.8) is 0 Å². The second kappa shape index (κ2) is 4.37. The van der Waals surface area contributed by atoms with Gasteiger partial charge in [0.25, 0.3) is 5.56 Å². The molecule has 0 saturated carbocycles. The number of rotatable bonds is 1. The van der Waals surface area contributed by atoms with Crippen LogP contribution in [-0.2, 0) is 12.8 Å². The molecule has 1 aliphatic carbocycles. The fourth-order valence-corrected chi connectivity index (χ4v) is 3.00. The molecule has 0 atom stereocenters. The van der Waals surface area contributed by atoms with Gasteiger partial charge >= 0.3 is 5.69 Å². The van der Waals surface area contributed by atoms with Crippen LogP contribution < -0.4 is 11.2 Å². The lowest BCUT2D eigenvalue weighted by atomic mass is 10.1. The van der Waals surface area contributed by atoms with Crippen LogP contribution in [0.25, 0.3) is 11.2 Å². The van der Waals surface area contributed by atoms with Crippen LogP contribution in [0.15, 0.2) is 46.2 Å². The molecule has 2 aromatic heterocycles. The van der Waals surface area contributed by atoms with Crippen LogP contribution in [-0.4, -0.2) is 19.5 Å². The zero-order chi connectivity index (χ0) is 14.4. The molecule has 4 rings (SSSR count). The first-order chi connectivity index (χ1) is 10.2. The number of H-pyrrole nitrogens is 1.